The lowest BCUT2D eigenvalue weighted by Gasteiger charge is -2.07. The molecule has 2 aromatic rings. The van der Waals surface area contributed by atoms with Crippen molar-refractivity contribution in [2.24, 2.45) is 0 Å². The lowest BCUT2D eigenvalue weighted by molar-refractivity contribution is -0.0498. The molecular weight excluding hydrogens is 308 g/mol. The summed E-state index contributed by atoms with van der Waals surface area (Å²) in [5.74, 6) is 0.966. The van der Waals surface area contributed by atoms with Crippen LogP contribution >= 0.6 is 15.9 Å². The van der Waals surface area contributed by atoms with Gasteiger partial charge in [0, 0.05) is 6.20 Å². The normalized spacial score (nSPS) is 10.4. The van der Waals surface area contributed by atoms with E-state index < -0.39 is 6.61 Å². The van der Waals surface area contributed by atoms with E-state index in [0.717, 1.165) is 0 Å². The number of benzene rings is 1. The Morgan fingerprint density at radius 3 is 2.33 bits per heavy atom. The summed E-state index contributed by atoms with van der Waals surface area (Å²) < 4.78 is 34.3. The highest BCUT2D eigenvalue weighted by molar-refractivity contribution is 9.10. The molecule has 0 amide bonds. The Morgan fingerprint density at radius 1 is 1.06 bits per heavy atom. The Labute approximate surface area is 110 Å². The number of nitrogens with zero attached hydrogens (tertiary/aromatic N) is 1. The molecule has 0 saturated heterocycles. The zero-order chi connectivity index (χ0) is 13.0. The molecular formula is C12H8BrF2NO2. The van der Waals surface area contributed by atoms with Gasteiger partial charge in [-0.3, -0.25) is 0 Å². The molecule has 6 heteroatoms. The summed E-state index contributed by atoms with van der Waals surface area (Å²) >= 11 is 3.29. The highest BCUT2D eigenvalue weighted by Crippen LogP contribution is 2.28. The maximum absolute atomic E-state index is 12.0. The van der Waals surface area contributed by atoms with E-state index in [1.807, 2.05) is 0 Å². The fourth-order valence-corrected chi connectivity index (χ4v) is 1.58. The van der Waals surface area contributed by atoms with E-state index in [0.29, 0.717) is 16.1 Å². The van der Waals surface area contributed by atoms with Gasteiger partial charge in [0.15, 0.2) is 0 Å². The first-order valence-corrected chi connectivity index (χ1v) is 5.78. The molecule has 0 spiro atoms. The maximum Gasteiger partial charge on any atom is 0.387 e. The number of pyridine rings is 1. The number of ether oxygens (including phenoxy) is 2. The minimum absolute atomic E-state index is 0.0810. The second-order valence-corrected chi connectivity index (χ2v) is 4.10. The summed E-state index contributed by atoms with van der Waals surface area (Å²) in [5, 5.41) is 0. The average Bonchev–Trinajstić information content (AvgIpc) is 2.34. The van der Waals surface area contributed by atoms with Crippen molar-refractivity contribution in [3.8, 4) is 17.4 Å². The van der Waals surface area contributed by atoms with Gasteiger partial charge in [-0.15, -0.1) is 0 Å². The quantitative estimate of drug-likeness (QED) is 0.845. The van der Waals surface area contributed by atoms with Crippen LogP contribution in [0.4, 0.5) is 8.78 Å². The first-order valence-electron chi connectivity index (χ1n) is 4.98. The number of rotatable bonds is 4. The first-order chi connectivity index (χ1) is 8.65. The molecule has 0 aliphatic heterocycles. The number of halogens is 3. The van der Waals surface area contributed by atoms with Crippen molar-refractivity contribution in [2.45, 2.75) is 6.61 Å². The average molecular weight is 316 g/mol. The Balaban J connectivity index is 2.09. The van der Waals surface area contributed by atoms with Gasteiger partial charge in [-0.1, -0.05) is 0 Å². The third kappa shape index (κ3) is 3.40. The molecule has 0 atom stereocenters. The van der Waals surface area contributed by atoms with Crippen molar-refractivity contribution in [3.63, 3.8) is 0 Å². The van der Waals surface area contributed by atoms with E-state index in [2.05, 4.69) is 25.7 Å². The Kier molecular flexibility index (Phi) is 4.09. The molecule has 3 nitrogen and oxygen atoms in total. The van der Waals surface area contributed by atoms with Crippen LogP contribution in [0.5, 0.6) is 17.4 Å². The van der Waals surface area contributed by atoms with Crippen LogP contribution in [-0.2, 0) is 0 Å². The third-order valence-corrected chi connectivity index (χ3v) is 2.59. The lowest BCUT2D eigenvalue weighted by Crippen LogP contribution is -2.01. The second kappa shape index (κ2) is 5.77. The van der Waals surface area contributed by atoms with Crippen molar-refractivity contribution in [3.05, 3.63) is 47.1 Å². The molecule has 0 saturated carbocycles. The Bertz CT molecular complexity index is 520. The SMILES string of the molecule is FC(F)Oc1ccc(Oc2ncccc2Br)cc1. The molecule has 0 unspecified atom stereocenters. The van der Waals surface area contributed by atoms with E-state index >= 15 is 0 Å². The van der Waals surface area contributed by atoms with Crippen LogP contribution < -0.4 is 9.47 Å². The molecule has 1 heterocycles. The number of hydrogen-bond acceptors (Lipinski definition) is 3. The van der Waals surface area contributed by atoms with Crippen molar-refractivity contribution in [2.75, 3.05) is 0 Å². The molecule has 0 bridgehead atoms. The molecule has 0 aliphatic carbocycles. The number of aromatic nitrogens is 1. The van der Waals surface area contributed by atoms with Gasteiger partial charge in [-0.2, -0.15) is 8.78 Å². The van der Waals surface area contributed by atoms with Gasteiger partial charge in [0.2, 0.25) is 5.88 Å². The molecule has 1 aromatic heterocycles. The van der Waals surface area contributed by atoms with Crippen LogP contribution in [0.3, 0.4) is 0 Å². The van der Waals surface area contributed by atoms with Crippen molar-refractivity contribution < 1.29 is 18.3 Å². The molecule has 18 heavy (non-hydrogen) atoms. The van der Waals surface area contributed by atoms with Crippen LogP contribution in [0.25, 0.3) is 0 Å². The zero-order valence-corrected chi connectivity index (χ0v) is 10.6. The van der Waals surface area contributed by atoms with Gasteiger partial charge >= 0.3 is 6.61 Å². The topological polar surface area (TPSA) is 31.4 Å². The summed E-state index contributed by atoms with van der Waals surface area (Å²) in [4.78, 5) is 4.02. The summed E-state index contributed by atoms with van der Waals surface area (Å²) in [6, 6.07) is 9.40. The molecule has 94 valence electrons. The predicted molar refractivity (Wildman–Crippen MR) is 65.1 cm³/mol. The van der Waals surface area contributed by atoms with E-state index in [9.17, 15) is 8.78 Å². The first kappa shape index (κ1) is 12.8. The van der Waals surface area contributed by atoms with Crippen LogP contribution in [0.1, 0.15) is 0 Å². The predicted octanol–water partition coefficient (Wildman–Crippen LogP) is 4.24. The standard InChI is InChI=1S/C12H8BrF2NO2/c13-10-2-1-7-16-11(10)17-8-3-5-9(6-4-8)18-12(14)15/h1-7,12H. The molecule has 2 rings (SSSR count). The summed E-state index contributed by atoms with van der Waals surface area (Å²) in [5.41, 5.74) is 0. The van der Waals surface area contributed by atoms with Gasteiger partial charge in [0.05, 0.1) is 4.47 Å². The van der Waals surface area contributed by atoms with Gasteiger partial charge in [-0.05, 0) is 52.3 Å². The van der Waals surface area contributed by atoms with E-state index in [1.165, 1.54) is 24.3 Å². The highest BCUT2D eigenvalue weighted by atomic mass is 79.9. The molecule has 0 fully saturated rings. The Morgan fingerprint density at radius 2 is 1.72 bits per heavy atom. The fraction of sp³-hybridized carbons (Fsp3) is 0.0833. The summed E-state index contributed by atoms with van der Waals surface area (Å²) in [6.45, 7) is -2.83. The van der Waals surface area contributed by atoms with Gasteiger partial charge in [0.25, 0.3) is 0 Å². The van der Waals surface area contributed by atoms with Crippen molar-refractivity contribution >= 4 is 15.9 Å². The van der Waals surface area contributed by atoms with Crippen molar-refractivity contribution in [1.29, 1.82) is 0 Å². The minimum Gasteiger partial charge on any atom is -0.438 e. The minimum atomic E-state index is -2.83. The third-order valence-electron chi connectivity index (χ3n) is 1.99. The monoisotopic (exact) mass is 315 g/mol. The fourth-order valence-electron chi connectivity index (χ4n) is 1.25. The van der Waals surface area contributed by atoms with Gasteiger partial charge < -0.3 is 9.47 Å². The van der Waals surface area contributed by atoms with Crippen LogP contribution in [0, 0.1) is 0 Å². The smallest absolute Gasteiger partial charge is 0.387 e. The number of hydrogen-bond donors (Lipinski definition) is 0. The van der Waals surface area contributed by atoms with E-state index in [1.54, 1.807) is 18.3 Å². The van der Waals surface area contributed by atoms with Crippen LogP contribution in [-0.4, -0.2) is 11.6 Å². The van der Waals surface area contributed by atoms with Gasteiger partial charge in [0.1, 0.15) is 11.5 Å². The summed E-state index contributed by atoms with van der Waals surface area (Å²) in [7, 11) is 0. The zero-order valence-electron chi connectivity index (χ0n) is 9.02. The Hall–Kier alpha value is -1.69. The van der Waals surface area contributed by atoms with E-state index in [-0.39, 0.29) is 5.75 Å². The lowest BCUT2D eigenvalue weighted by atomic mass is 10.3. The van der Waals surface area contributed by atoms with Crippen molar-refractivity contribution in [1.82, 2.24) is 4.98 Å². The highest BCUT2D eigenvalue weighted by Gasteiger charge is 2.06. The molecule has 0 radical (unpaired) electrons. The molecule has 0 N–H and O–H groups in total. The number of alkyl halides is 2. The maximum atomic E-state index is 12.0. The summed E-state index contributed by atoms with van der Waals surface area (Å²) in [6.07, 6.45) is 1.59. The van der Waals surface area contributed by atoms with Crippen LogP contribution in [0.2, 0.25) is 0 Å². The largest absolute Gasteiger partial charge is 0.438 e. The van der Waals surface area contributed by atoms with Crippen LogP contribution in [0.15, 0.2) is 47.1 Å². The second-order valence-electron chi connectivity index (χ2n) is 3.24. The van der Waals surface area contributed by atoms with E-state index in [4.69, 9.17) is 4.74 Å². The molecule has 0 aliphatic rings. The molecule has 1 aromatic carbocycles. The van der Waals surface area contributed by atoms with Gasteiger partial charge in [-0.25, -0.2) is 4.98 Å².